The van der Waals surface area contributed by atoms with Crippen LogP contribution in [0.1, 0.15) is 14.5 Å². The van der Waals surface area contributed by atoms with Crippen molar-refractivity contribution in [1.29, 1.82) is 0 Å². The van der Waals surface area contributed by atoms with Gasteiger partial charge in [0, 0.05) is 4.88 Å². The molecule has 0 saturated heterocycles. The van der Waals surface area contributed by atoms with Gasteiger partial charge in [0.15, 0.2) is 12.6 Å². The second-order valence-electron chi connectivity index (χ2n) is 2.65. The molecule has 0 spiro atoms. The first-order chi connectivity index (χ1) is 7.35. The summed E-state index contributed by atoms with van der Waals surface area (Å²) in [7, 11) is 0. The summed E-state index contributed by atoms with van der Waals surface area (Å²) in [6.07, 6.45) is 1.65. The number of thiophene rings is 1. The van der Waals surface area contributed by atoms with Gasteiger partial charge in [-0.25, -0.2) is 0 Å². The molecule has 1 aromatic rings. The van der Waals surface area contributed by atoms with Gasteiger partial charge in [-0.3, -0.25) is 9.59 Å². The molecular formula is C10H6O2S3. The fourth-order valence-corrected chi connectivity index (χ4v) is 3.88. The van der Waals surface area contributed by atoms with Gasteiger partial charge in [-0.15, -0.1) is 11.3 Å². The average molecular weight is 254 g/mol. The molecule has 0 bridgehead atoms. The summed E-state index contributed by atoms with van der Waals surface area (Å²) < 4.78 is 0.976. The number of aldehydes is 2. The zero-order valence-corrected chi connectivity index (χ0v) is 9.95. The number of rotatable bonds is 3. The second-order valence-corrected chi connectivity index (χ2v) is 5.85. The molecule has 0 atom stereocenters. The van der Waals surface area contributed by atoms with Crippen molar-refractivity contribution in [2.24, 2.45) is 0 Å². The lowest BCUT2D eigenvalue weighted by Crippen LogP contribution is -1.82. The van der Waals surface area contributed by atoms with Crippen molar-refractivity contribution in [2.45, 2.75) is 0 Å². The third kappa shape index (κ3) is 2.25. The molecule has 5 heteroatoms. The molecule has 0 unspecified atom stereocenters. The third-order valence-corrected chi connectivity index (χ3v) is 4.96. The lowest BCUT2D eigenvalue weighted by molar-refractivity contribution is -0.103. The fourth-order valence-electron chi connectivity index (χ4n) is 1.10. The SMILES string of the molecule is O=CC(=C1SC=CS1)c1ccc(C=O)s1. The van der Waals surface area contributed by atoms with Crippen molar-refractivity contribution in [2.75, 3.05) is 0 Å². The van der Waals surface area contributed by atoms with Gasteiger partial charge >= 0.3 is 0 Å². The van der Waals surface area contributed by atoms with Gasteiger partial charge < -0.3 is 0 Å². The monoisotopic (exact) mass is 254 g/mol. The molecule has 0 amide bonds. The van der Waals surface area contributed by atoms with E-state index in [2.05, 4.69) is 0 Å². The Kier molecular flexibility index (Phi) is 3.45. The van der Waals surface area contributed by atoms with Crippen LogP contribution in [0.4, 0.5) is 0 Å². The second kappa shape index (κ2) is 4.83. The highest BCUT2D eigenvalue weighted by Gasteiger charge is 2.13. The molecule has 2 nitrogen and oxygen atoms in total. The summed E-state index contributed by atoms with van der Waals surface area (Å²) in [4.78, 5) is 23.0. The van der Waals surface area contributed by atoms with Crippen LogP contribution in [0.15, 0.2) is 27.2 Å². The first-order valence-electron chi connectivity index (χ1n) is 4.08. The zero-order valence-electron chi connectivity index (χ0n) is 7.51. The van der Waals surface area contributed by atoms with Crippen LogP contribution < -0.4 is 0 Å². The molecule has 15 heavy (non-hydrogen) atoms. The van der Waals surface area contributed by atoms with Crippen LogP contribution in [0, 0.1) is 0 Å². The number of thioether (sulfide) groups is 2. The van der Waals surface area contributed by atoms with E-state index in [1.165, 1.54) is 34.9 Å². The number of carbonyl (C=O) groups is 2. The van der Waals surface area contributed by atoms with Crippen LogP contribution in [-0.4, -0.2) is 12.6 Å². The van der Waals surface area contributed by atoms with Gasteiger partial charge in [0.05, 0.1) is 14.7 Å². The smallest absolute Gasteiger partial charge is 0.160 e. The Labute approximate surface area is 99.4 Å². The molecule has 76 valence electrons. The molecular weight excluding hydrogens is 248 g/mol. The van der Waals surface area contributed by atoms with Crippen molar-refractivity contribution in [3.05, 3.63) is 36.9 Å². The quantitative estimate of drug-likeness (QED) is 0.611. The molecule has 1 aliphatic heterocycles. The Hall–Kier alpha value is -0.780. The number of allylic oxidation sites excluding steroid dienone is 1. The Bertz CT molecular complexity index is 447. The van der Waals surface area contributed by atoms with E-state index >= 15 is 0 Å². The van der Waals surface area contributed by atoms with E-state index in [0.29, 0.717) is 10.5 Å². The predicted octanol–water partition coefficient (Wildman–Crippen LogP) is 3.38. The molecule has 2 rings (SSSR count). The first-order valence-corrected chi connectivity index (χ1v) is 6.66. The van der Waals surface area contributed by atoms with Gasteiger partial charge in [0.25, 0.3) is 0 Å². The number of hydrogen-bond acceptors (Lipinski definition) is 5. The molecule has 0 aliphatic carbocycles. The maximum atomic E-state index is 11.0. The van der Waals surface area contributed by atoms with E-state index in [0.717, 1.165) is 21.7 Å². The van der Waals surface area contributed by atoms with Gasteiger partial charge in [0.2, 0.25) is 0 Å². The molecule has 0 N–H and O–H groups in total. The van der Waals surface area contributed by atoms with Gasteiger partial charge in [-0.1, -0.05) is 23.5 Å². The van der Waals surface area contributed by atoms with Gasteiger partial charge in [-0.05, 0) is 22.9 Å². The summed E-state index contributed by atoms with van der Waals surface area (Å²) >= 11 is 4.41. The van der Waals surface area contributed by atoms with E-state index in [1.807, 2.05) is 16.9 Å². The summed E-state index contributed by atoms with van der Waals surface area (Å²) in [6.45, 7) is 0. The van der Waals surface area contributed by atoms with Crippen molar-refractivity contribution in [1.82, 2.24) is 0 Å². The number of carbonyl (C=O) groups excluding carboxylic acids is 2. The predicted molar refractivity (Wildman–Crippen MR) is 67.0 cm³/mol. The van der Waals surface area contributed by atoms with Crippen molar-refractivity contribution in [3.63, 3.8) is 0 Å². The highest BCUT2D eigenvalue weighted by Crippen LogP contribution is 2.43. The lowest BCUT2D eigenvalue weighted by atomic mass is 10.3. The molecule has 0 aromatic carbocycles. The summed E-state index contributed by atoms with van der Waals surface area (Å²) in [5.74, 6) is 0. The normalized spacial score (nSPS) is 14.3. The van der Waals surface area contributed by atoms with Crippen LogP contribution in [0.5, 0.6) is 0 Å². The van der Waals surface area contributed by atoms with E-state index in [-0.39, 0.29) is 0 Å². The van der Waals surface area contributed by atoms with Crippen LogP contribution in [0.3, 0.4) is 0 Å². The van der Waals surface area contributed by atoms with Crippen LogP contribution in [0.25, 0.3) is 5.57 Å². The maximum Gasteiger partial charge on any atom is 0.160 e. The molecule has 2 heterocycles. The number of hydrogen-bond donors (Lipinski definition) is 0. The van der Waals surface area contributed by atoms with Crippen LogP contribution in [0.2, 0.25) is 0 Å². The lowest BCUT2D eigenvalue weighted by Gasteiger charge is -1.99. The Morgan fingerprint density at radius 3 is 2.40 bits per heavy atom. The van der Waals surface area contributed by atoms with E-state index in [4.69, 9.17) is 0 Å². The summed E-state index contributed by atoms with van der Waals surface area (Å²) in [6, 6.07) is 3.54. The third-order valence-electron chi connectivity index (χ3n) is 1.75. The standard InChI is InChI=1S/C10H6O2S3/c11-5-7-1-2-9(15-7)8(6-12)10-13-3-4-14-10/h1-6H. The van der Waals surface area contributed by atoms with Gasteiger partial charge in [-0.2, -0.15) is 0 Å². The zero-order chi connectivity index (χ0) is 10.7. The van der Waals surface area contributed by atoms with E-state index in [1.54, 1.807) is 6.07 Å². The molecule has 1 aromatic heterocycles. The van der Waals surface area contributed by atoms with Crippen LogP contribution in [-0.2, 0) is 4.79 Å². The molecule has 0 saturated carbocycles. The minimum Gasteiger partial charge on any atom is -0.298 e. The minimum atomic E-state index is 0.644. The van der Waals surface area contributed by atoms with Crippen molar-refractivity contribution < 1.29 is 9.59 Å². The first kappa shape index (κ1) is 10.7. The average Bonchev–Trinajstić information content (AvgIpc) is 2.89. The molecule has 1 aliphatic rings. The highest BCUT2D eigenvalue weighted by molar-refractivity contribution is 8.27. The van der Waals surface area contributed by atoms with E-state index < -0.39 is 0 Å². The molecule has 0 radical (unpaired) electrons. The topological polar surface area (TPSA) is 34.1 Å². The van der Waals surface area contributed by atoms with Crippen molar-refractivity contribution >= 4 is 53.0 Å². The summed E-state index contributed by atoms with van der Waals surface area (Å²) in [5, 5.41) is 3.88. The largest absolute Gasteiger partial charge is 0.298 e. The molecule has 0 fully saturated rings. The van der Waals surface area contributed by atoms with Gasteiger partial charge in [0.1, 0.15) is 0 Å². The minimum absolute atomic E-state index is 0.644. The summed E-state index contributed by atoms with van der Waals surface area (Å²) in [5.41, 5.74) is 0.674. The Morgan fingerprint density at radius 1 is 1.13 bits per heavy atom. The Balaban J connectivity index is 2.38. The highest BCUT2D eigenvalue weighted by atomic mass is 32.2. The Morgan fingerprint density at radius 2 is 1.87 bits per heavy atom. The maximum absolute atomic E-state index is 11.0. The fraction of sp³-hybridized carbons (Fsp3) is 0. The van der Waals surface area contributed by atoms with Crippen molar-refractivity contribution in [3.8, 4) is 0 Å². The van der Waals surface area contributed by atoms with Crippen LogP contribution >= 0.6 is 34.9 Å². The van der Waals surface area contributed by atoms with E-state index in [9.17, 15) is 9.59 Å².